The zero-order valence-corrected chi connectivity index (χ0v) is 17.8. The molecular weight excluding hydrogens is 388 g/mol. The summed E-state index contributed by atoms with van der Waals surface area (Å²) in [5, 5.41) is 3.01. The Labute approximate surface area is 181 Å². The number of anilines is 1. The molecule has 0 fully saturated rings. The van der Waals surface area contributed by atoms with Crippen LogP contribution in [0.4, 0.5) is 5.69 Å². The highest BCUT2D eigenvalue weighted by Crippen LogP contribution is 2.25. The number of nitrogens with zero attached hydrogens (tertiary/aromatic N) is 3. The Morgan fingerprint density at radius 3 is 2.55 bits per heavy atom. The van der Waals surface area contributed by atoms with Crippen LogP contribution in [-0.4, -0.2) is 20.4 Å². The molecule has 0 aliphatic carbocycles. The van der Waals surface area contributed by atoms with Crippen molar-refractivity contribution in [2.45, 2.75) is 20.5 Å². The molecule has 0 aliphatic rings. The van der Waals surface area contributed by atoms with E-state index in [2.05, 4.69) is 15.3 Å². The Kier molecular flexibility index (Phi) is 5.80. The van der Waals surface area contributed by atoms with Crippen LogP contribution in [0.2, 0.25) is 0 Å². The molecule has 6 heteroatoms. The summed E-state index contributed by atoms with van der Waals surface area (Å²) in [6, 6.07) is 18.7. The number of aromatic nitrogens is 3. The quantitative estimate of drug-likeness (QED) is 0.488. The Hall–Kier alpha value is -3.93. The number of imidazole rings is 1. The number of rotatable bonds is 6. The van der Waals surface area contributed by atoms with Gasteiger partial charge in [0.1, 0.15) is 18.2 Å². The smallest absolute Gasteiger partial charge is 0.255 e. The molecule has 4 aromatic rings. The van der Waals surface area contributed by atoms with E-state index in [1.54, 1.807) is 30.5 Å². The maximum Gasteiger partial charge on any atom is 0.255 e. The number of hydrogen-bond donors (Lipinski definition) is 1. The van der Waals surface area contributed by atoms with E-state index in [0.717, 1.165) is 34.0 Å². The minimum atomic E-state index is -0.174. The van der Waals surface area contributed by atoms with Gasteiger partial charge < -0.3 is 14.6 Å². The predicted molar refractivity (Wildman–Crippen MR) is 121 cm³/mol. The van der Waals surface area contributed by atoms with E-state index in [4.69, 9.17) is 4.74 Å². The van der Waals surface area contributed by atoms with Gasteiger partial charge in [0.2, 0.25) is 0 Å². The molecule has 1 N–H and O–H groups in total. The lowest BCUT2D eigenvalue weighted by molar-refractivity contribution is 0.102. The highest BCUT2D eigenvalue weighted by molar-refractivity contribution is 6.05. The summed E-state index contributed by atoms with van der Waals surface area (Å²) in [7, 11) is 1.96. The maximum atomic E-state index is 12.8. The first-order chi connectivity index (χ1) is 15.0. The summed E-state index contributed by atoms with van der Waals surface area (Å²) in [6.45, 7) is 4.31. The first-order valence-electron chi connectivity index (χ1n) is 10.0. The summed E-state index contributed by atoms with van der Waals surface area (Å²) in [5.41, 5.74) is 5.06. The topological polar surface area (TPSA) is 69.0 Å². The molecule has 0 radical (unpaired) electrons. The third kappa shape index (κ3) is 4.80. The average molecular weight is 412 g/mol. The molecule has 0 unspecified atom stereocenters. The van der Waals surface area contributed by atoms with Gasteiger partial charge in [0, 0.05) is 36.3 Å². The van der Waals surface area contributed by atoms with Gasteiger partial charge in [0.05, 0.1) is 11.4 Å². The average Bonchev–Trinajstić information content (AvgIpc) is 3.12. The van der Waals surface area contributed by atoms with Gasteiger partial charge in [-0.2, -0.15) is 0 Å². The van der Waals surface area contributed by atoms with Crippen molar-refractivity contribution in [3.63, 3.8) is 0 Å². The molecule has 1 amide bonds. The molecule has 0 saturated heterocycles. The van der Waals surface area contributed by atoms with Gasteiger partial charge in [-0.05, 0) is 61.9 Å². The molecule has 0 atom stereocenters. The van der Waals surface area contributed by atoms with Crippen molar-refractivity contribution >= 4 is 11.6 Å². The Morgan fingerprint density at radius 1 is 1.06 bits per heavy atom. The normalized spacial score (nSPS) is 10.7. The van der Waals surface area contributed by atoms with Gasteiger partial charge >= 0.3 is 0 Å². The lowest BCUT2D eigenvalue weighted by Crippen LogP contribution is -2.13. The fraction of sp³-hybridized carbons (Fsp3) is 0.160. The lowest BCUT2D eigenvalue weighted by Gasteiger charge is -2.11. The van der Waals surface area contributed by atoms with Crippen LogP contribution >= 0.6 is 0 Å². The number of amides is 1. The SMILES string of the molecule is Cc1cn(C)c(-c2ccc(C)c(NC(=O)c3ccc(OCc4ccccn4)cc3)c2)n1. The predicted octanol–water partition coefficient (Wildman–Crippen LogP) is 4.93. The summed E-state index contributed by atoms with van der Waals surface area (Å²) in [5.74, 6) is 1.38. The fourth-order valence-electron chi connectivity index (χ4n) is 3.32. The third-order valence-electron chi connectivity index (χ3n) is 4.97. The number of pyridine rings is 1. The molecule has 0 bridgehead atoms. The Bertz CT molecular complexity index is 1200. The van der Waals surface area contributed by atoms with Crippen molar-refractivity contribution in [2.24, 2.45) is 7.05 Å². The lowest BCUT2D eigenvalue weighted by atomic mass is 10.1. The van der Waals surface area contributed by atoms with Gasteiger partial charge in [-0.25, -0.2) is 4.98 Å². The van der Waals surface area contributed by atoms with Gasteiger partial charge in [0.25, 0.3) is 5.91 Å². The van der Waals surface area contributed by atoms with Crippen LogP contribution in [0.25, 0.3) is 11.4 Å². The number of hydrogen-bond acceptors (Lipinski definition) is 4. The largest absolute Gasteiger partial charge is 0.487 e. The van der Waals surface area contributed by atoms with Gasteiger partial charge in [-0.3, -0.25) is 9.78 Å². The first-order valence-corrected chi connectivity index (χ1v) is 10.0. The highest BCUT2D eigenvalue weighted by atomic mass is 16.5. The number of benzene rings is 2. The molecule has 31 heavy (non-hydrogen) atoms. The molecule has 2 aromatic carbocycles. The van der Waals surface area contributed by atoms with Crippen molar-refractivity contribution in [2.75, 3.05) is 5.32 Å². The summed E-state index contributed by atoms with van der Waals surface area (Å²) in [6.07, 6.45) is 3.71. The van der Waals surface area contributed by atoms with E-state index in [1.807, 2.05) is 68.1 Å². The molecular formula is C25H24N4O2. The van der Waals surface area contributed by atoms with Crippen molar-refractivity contribution in [1.29, 1.82) is 0 Å². The van der Waals surface area contributed by atoms with Crippen molar-refractivity contribution in [3.8, 4) is 17.1 Å². The summed E-state index contributed by atoms with van der Waals surface area (Å²) >= 11 is 0. The van der Waals surface area contributed by atoms with Crippen LogP contribution < -0.4 is 10.1 Å². The van der Waals surface area contributed by atoms with E-state index >= 15 is 0 Å². The van der Waals surface area contributed by atoms with E-state index in [-0.39, 0.29) is 5.91 Å². The Balaban J connectivity index is 1.45. The standard InChI is InChI=1S/C25H24N4O2/c1-17-7-8-20(24-27-18(2)15-29(24)3)14-23(17)28-25(30)19-9-11-22(12-10-19)31-16-21-6-4-5-13-26-21/h4-15H,16H2,1-3H3,(H,28,30). The molecule has 6 nitrogen and oxygen atoms in total. The van der Waals surface area contributed by atoms with Crippen LogP contribution in [0.3, 0.4) is 0 Å². The van der Waals surface area contributed by atoms with Crippen LogP contribution in [0, 0.1) is 13.8 Å². The van der Waals surface area contributed by atoms with Gasteiger partial charge in [-0.15, -0.1) is 0 Å². The molecule has 4 rings (SSSR count). The summed E-state index contributed by atoms with van der Waals surface area (Å²) < 4.78 is 7.72. The second-order valence-electron chi connectivity index (χ2n) is 7.43. The number of aryl methyl sites for hydroxylation is 3. The fourth-order valence-corrected chi connectivity index (χ4v) is 3.32. The monoisotopic (exact) mass is 412 g/mol. The zero-order chi connectivity index (χ0) is 21.8. The first kappa shape index (κ1) is 20.3. The Morgan fingerprint density at radius 2 is 1.87 bits per heavy atom. The van der Waals surface area contributed by atoms with Crippen molar-refractivity contribution in [3.05, 3.63) is 95.6 Å². The number of carbonyl (C=O) groups is 1. The van der Waals surface area contributed by atoms with Crippen LogP contribution in [0.5, 0.6) is 5.75 Å². The molecule has 0 aliphatic heterocycles. The molecule has 2 heterocycles. The minimum Gasteiger partial charge on any atom is -0.487 e. The zero-order valence-electron chi connectivity index (χ0n) is 17.8. The van der Waals surface area contributed by atoms with Crippen molar-refractivity contribution in [1.82, 2.24) is 14.5 Å². The van der Waals surface area contributed by atoms with E-state index in [1.165, 1.54) is 0 Å². The molecule has 156 valence electrons. The van der Waals surface area contributed by atoms with Gasteiger partial charge in [-0.1, -0.05) is 18.2 Å². The molecule has 0 spiro atoms. The molecule has 0 saturated carbocycles. The second-order valence-corrected chi connectivity index (χ2v) is 7.43. The highest BCUT2D eigenvalue weighted by Gasteiger charge is 2.12. The third-order valence-corrected chi connectivity index (χ3v) is 4.97. The van der Waals surface area contributed by atoms with Crippen LogP contribution in [0.15, 0.2) is 73.1 Å². The number of carbonyl (C=O) groups excluding carboxylic acids is 1. The van der Waals surface area contributed by atoms with Crippen LogP contribution in [-0.2, 0) is 13.7 Å². The van der Waals surface area contributed by atoms with Gasteiger partial charge in [0.15, 0.2) is 0 Å². The van der Waals surface area contributed by atoms with E-state index in [9.17, 15) is 4.79 Å². The number of ether oxygens (including phenoxy) is 1. The maximum absolute atomic E-state index is 12.8. The van der Waals surface area contributed by atoms with E-state index in [0.29, 0.717) is 17.9 Å². The number of nitrogens with one attached hydrogen (secondary N) is 1. The minimum absolute atomic E-state index is 0.174. The van der Waals surface area contributed by atoms with E-state index < -0.39 is 0 Å². The van der Waals surface area contributed by atoms with Crippen molar-refractivity contribution < 1.29 is 9.53 Å². The van der Waals surface area contributed by atoms with Crippen LogP contribution in [0.1, 0.15) is 27.3 Å². The summed E-state index contributed by atoms with van der Waals surface area (Å²) in [4.78, 5) is 21.6. The second kappa shape index (κ2) is 8.83. The molecule has 2 aromatic heterocycles.